The summed E-state index contributed by atoms with van der Waals surface area (Å²) in [6, 6.07) is 11.1. The molecule has 1 nitrogen and oxygen atoms in total. The van der Waals surface area contributed by atoms with E-state index in [4.69, 9.17) is 0 Å². The Kier molecular flexibility index (Phi) is 3.58. The molecule has 0 bridgehead atoms. The van der Waals surface area contributed by atoms with E-state index in [-0.39, 0.29) is 5.82 Å². The topological polar surface area (TPSA) is 20.2 Å². The van der Waals surface area contributed by atoms with Gasteiger partial charge in [-0.15, -0.1) is 0 Å². The molecule has 21 heavy (non-hydrogen) atoms. The molecule has 0 amide bonds. The maximum Gasteiger partial charge on any atom is 0.126 e. The Bertz CT molecular complexity index is 673. The first-order valence-corrected chi connectivity index (χ1v) is 7.60. The van der Waals surface area contributed by atoms with E-state index >= 15 is 0 Å². The van der Waals surface area contributed by atoms with Gasteiger partial charge in [0, 0.05) is 0 Å². The third kappa shape index (κ3) is 2.60. The summed E-state index contributed by atoms with van der Waals surface area (Å²) in [7, 11) is 0. The van der Waals surface area contributed by atoms with Gasteiger partial charge in [0.25, 0.3) is 0 Å². The minimum absolute atomic E-state index is 0.272. The van der Waals surface area contributed by atoms with Crippen LogP contribution >= 0.6 is 0 Å². The minimum atomic E-state index is -1.17. The molecule has 0 aliphatic heterocycles. The van der Waals surface area contributed by atoms with Crippen LogP contribution in [0.2, 0.25) is 0 Å². The van der Waals surface area contributed by atoms with E-state index in [1.54, 1.807) is 26.0 Å². The van der Waals surface area contributed by atoms with Gasteiger partial charge in [-0.05, 0) is 73.4 Å². The van der Waals surface area contributed by atoms with Crippen LogP contribution in [-0.2, 0) is 18.4 Å². The van der Waals surface area contributed by atoms with Crippen molar-refractivity contribution in [1.82, 2.24) is 0 Å². The maximum absolute atomic E-state index is 13.8. The summed E-state index contributed by atoms with van der Waals surface area (Å²) < 4.78 is 13.8. The smallest absolute Gasteiger partial charge is 0.126 e. The zero-order valence-electron chi connectivity index (χ0n) is 12.6. The van der Waals surface area contributed by atoms with E-state index in [1.807, 2.05) is 6.07 Å². The summed E-state index contributed by atoms with van der Waals surface area (Å²) >= 11 is 0. The number of hydrogen-bond acceptors (Lipinski definition) is 1. The molecule has 1 unspecified atom stereocenters. The van der Waals surface area contributed by atoms with Crippen molar-refractivity contribution in [3.05, 3.63) is 70.0 Å². The summed E-state index contributed by atoms with van der Waals surface area (Å²) in [6.07, 6.45) is 4.64. The van der Waals surface area contributed by atoms with Crippen LogP contribution in [0.3, 0.4) is 0 Å². The third-order valence-corrected chi connectivity index (χ3v) is 4.64. The van der Waals surface area contributed by atoms with Crippen LogP contribution in [0.25, 0.3) is 0 Å². The van der Waals surface area contributed by atoms with Crippen molar-refractivity contribution in [1.29, 1.82) is 0 Å². The lowest BCUT2D eigenvalue weighted by molar-refractivity contribution is 0.102. The van der Waals surface area contributed by atoms with Crippen molar-refractivity contribution in [2.45, 2.75) is 45.1 Å². The fourth-order valence-corrected chi connectivity index (χ4v) is 3.10. The van der Waals surface area contributed by atoms with E-state index in [9.17, 15) is 9.50 Å². The summed E-state index contributed by atoms with van der Waals surface area (Å²) in [5, 5.41) is 10.9. The highest BCUT2D eigenvalue weighted by Gasteiger charge is 2.27. The van der Waals surface area contributed by atoms with Gasteiger partial charge >= 0.3 is 0 Å². The number of aryl methyl sites for hydroxylation is 3. The van der Waals surface area contributed by atoms with Crippen molar-refractivity contribution in [2.75, 3.05) is 0 Å². The van der Waals surface area contributed by atoms with Gasteiger partial charge in [0.05, 0.1) is 0 Å². The number of hydrogen-bond donors (Lipinski definition) is 1. The van der Waals surface area contributed by atoms with Crippen LogP contribution in [0.5, 0.6) is 0 Å². The Morgan fingerprint density at radius 3 is 2.29 bits per heavy atom. The molecule has 1 N–H and O–H groups in total. The molecule has 2 heteroatoms. The minimum Gasteiger partial charge on any atom is -0.381 e. The lowest BCUT2D eigenvalue weighted by Crippen LogP contribution is -2.23. The van der Waals surface area contributed by atoms with Gasteiger partial charge in [0.2, 0.25) is 0 Å². The second-order valence-electron chi connectivity index (χ2n) is 6.23. The average molecular weight is 284 g/mol. The van der Waals surface area contributed by atoms with Gasteiger partial charge in [-0.3, -0.25) is 0 Å². The molecule has 0 saturated carbocycles. The van der Waals surface area contributed by atoms with E-state index < -0.39 is 5.60 Å². The number of aliphatic hydroxyl groups is 1. The standard InChI is InChI=1S/C19H21FO/c1-13-7-9-17(12-18(13)20)19(2,21)16-10-8-14-5-3-4-6-15(14)11-16/h7-12,21H,3-6H2,1-2H3. The molecule has 0 spiro atoms. The average Bonchev–Trinajstić information content (AvgIpc) is 2.49. The fraction of sp³-hybridized carbons (Fsp3) is 0.368. The van der Waals surface area contributed by atoms with E-state index in [2.05, 4.69) is 12.1 Å². The Morgan fingerprint density at radius 1 is 0.952 bits per heavy atom. The highest BCUT2D eigenvalue weighted by atomic mass is 19.1. The van der Waals surface area contributed by atoms with Crippen LogP contribution in [0.15, 0.2) is 36.4 Å². The van der Waals surface area contributed by atoms with E-state index in [1.165, 1.54) is 30.0 Å². The Balaban J connectivity index is 2.02. The summed E-state index contributed by atoms with van der Waals surface area (Å²) in [6.45, 7) is 3.47. The molecule has 110 valence electrons. The largest absolute Gasteiger partial charge is 0.381 e. The first-order valence-electron chi connectivity index (χ1n) is 7.60. The van der Waals surface area contributed by atoms with Crippen LogP contribution in [0, 0.1) is 12.7 Å². The highest BCUT2D eigenvalue weighted by Crippen LogP contribution is 2.33. The van der Waals surface area contributed by atoms with Gasteiger partial charge < -0.3 is 5.11 Å². The summed E-state index contributed by atoms with van der Waals surface area (Å²) in [5.41, 5.74) is 3.58. The van der Waals surface area contributed by atoms with Crippen molar-refractivity contribution in [3.8, 4) is 0 Å². The first-order chi connectivity index (χ1) is 9.98. The van der Waals surface area contributed by atoms with Gasteiger partial charge in [0.1, 0.15) is 11.4 Å². The molecule has 1 aliphatic rings. The maximum atomic E-state index is 13.8. The van der Waals surface area contributed by atoms with Crippen LogP contribution < -0.4 is 0 Å². The summed E-state index contributed by atoms with van der Waals surface area (Å²) in [5.74, 6) is -0.272. The molecule has 1 aliphatic carbocycles. The monoisotopic (exact) mass is 284 g/mol. The number of benzene rings is 2. The highest BCUT2D eigenvalue weighted by molar-refractivity contribution is 5.42. The van der Waals surface area contributed by atoms with E-state index in [0.29, 0.717) is 11.1 Å². The lowest BCUT2D eigenvalue weighted by Gasteiger charge is -2.27. The van der Waals surface area contributed by atoms with Crippen molar-refractivity contribution >= 4 is 0 Å². The number of rotatable bonds is 2. The molecule has 3 rings (SSSR count). The van der Waals surface area contributed by atoms with Gasteiger partial charge in [0.15, 0.2) is 0 Å². The Labute approximate surface area is 125 Å². The van der Waals surface area contributed by atoms with Gasteiger partial charge in [-0.1, -0.05) is 30.3 Å². The number of halogens is 1. The molecular formula is C19H21FO. The van der Waals surface area contributed by atoms with Crippen molar-refractivity contribution in [2.24, 2.45) is 0 Å². The first kappa shape index (κ1) is 14.3. The van der Waals surface area contributed by atoms with Gasteiger partial charge in [-0.25, -0.2) is 4.39 Å². The molecule has 0 aromatic heterocycles. The Hall–Kier alpha value is -1.67. The molecule has 0 heterocycles. The Morgan fingerprint density at radius 2 is 1.57 bits per heavy atom. The fourth-order valence-electron chi connectivity index (χ4n) is 3.10. The molecule has 0 radical (unpaired) electrons. The second-order valence-corrected chi connectivity index (χ2v) is 6.23. The molecule has 0 saturated heterocycles. The molecule has 2 aromatic carbocycles. The second kappa shape index (κ2) is 5.27. The van der Waals surface area contributed by atoms with E-state index in [0.717, 1.165) is 18.4 Å². The quantitative estimate of drug-likeness (QED) is 0.873. The lowest BCUT2D eigenvalue weighted by atomic mass is 9.83. The number of fused-ring (bicyclic) bond motifs is 1. The van der Waals surface area contributed by atoms with Crippen molar-refractivity contribution in [3.63, 3.8) is 0 Å². The third-order valence-electron chi connectivity index (χ3n) is 4.64. The molecule has 1 atom stereocenters. The normalized spacial score (nSPS) is 17.1. The zero-order valence-corrected chi connectivity index (χ0v) is 12.6. The van der Waals surface area contributed by atoms with Crippen LogP contribution in [-0.4, -0.2) is 5.11 Å². The van der Waals surface area contributed by atoms with Gasteiger partial charge in [-0.2, -0.15) is 0 Å². The van der Waals surface area contributed by atoms with Crippen LogP contribution in [0.4, 0.5) is 4.39 Å². The molecular weight excluding hydrogens is 263 g/mol. The molecule has 2 aromatic rings. The SMILES string of the molecule is Cc1ccc(C(C)(O)c2ccc3c(c2)CCCC3)cc1F. The van der Waals surface area contributed by atoms with Crippen molar-refractivity contribution < 1.29 is 9.50 Å². The van der Waals surface area contributed by atoms with Crippen LogP contribution in [0.1, 0.15) is 47.6 Å². The predicted molar refractivity (Wildman–Crippen MR) is 82.9 cm³/mol. The zero-order chi connectivity index (χ0) is 15.0. The predicted octanol–water partition coefficient (Wildman–Crippen LogP) is 4.27. The summed E-state index contributed by atoms with van der Waals surface area (Å²) in [4.78, 5) is 0. The molecule has 0 fully saturated rings.